The van der Waals surface area contributed by atoms with E-state index in [0.717, 1.165) is 38.4 Å². The number of rotatable bonds is 9. The summed E-state index contributed by atoms with van der Waals surface area (Å²) in [4.78, 5) is 35.4. The predicted octanol–water partition coefficient (Wildman–Crippen LogP) is 3.48. The molecule has 1 fully saturated rings. The first-order chi connectivity index (χ1) is 17.0. The minimum Gasteiger partial charge on any atom is -0.383 e. The third-order valence-electron chi connectivity index (χ3n) is 6.29. The van der Waals surface area contributed by atoms with Crippen LogP contribution < -0.4 is 15.8 Å². The Kier molecular flexibility index (Phi) is 8.43. The Bertz CT molecular complexity index is 1210. The Morgan fingerprint density at radius 1 is 1.11 bits per heavy atom. The lowest BCUT2D eigenvalue weighted by atomic mass is 10.2. The van der Waals surface area contributed by atoms with Gasteiger partial charge in [0.15, 0.2) is 5.16 Å². The molecule has 4 rings (SSSR count). The van der Waals surface area contributed by atoms with Gasteiger partial charge in [-0.3, -0.25) is 14.2 Å². The van der Waals surface area contributed by atoms with Crippen molar-refractivity contribution in [1.82, 2.24) is 14.5 Å². The van der Waals surface area contributed by atoms with Gasteiger partial charge in [-0.25, -0.2) is 4.98 Å². The van der Waals surface area contributed by atoms with Crippen LogP contribution in [-0.2, 0) is 9.53 Å². The zero-order valence-corrected chi connectivity index (χ0v) is 21.4. The van der Waals surface area contributed by atoms with Gasteiger partial charge in [-0.15, -0.1) is 0 Å². The molecule has 2 heterocycles. The molecule has 8 nitrogen and oxygen atoms in total. The Hall–Kier alpha value is -2.88. The average molecular weight is 496 g/mol. The molecule has 35 heavy (non-hydrogen) atoms. The molecule has 0 aliphatic carbocycles. The van der Waals surface area contributed by atoms with E-state index in [1.54, 1.807) is 17.7 Å². The number of likely N-dealkylation sites (N-methyl/N-ethyl adjacent to an activating group) is 1. The maximum absolute atomic E-state index is 13.1. The molecule has 9 heteroatoms. The number of nitrogens with one attached hydrogen (secondary N) is 1. The summed E-state index contributed by atoms with van der Waals surface area (Å²) in [5.41, 5.74) is 2.42. The Morgan fingerprint density at radius 3 is 2.51 bits per heavy atom. The van der Waals surface area contributed by atoms with Crippen molar-refractivity contribution in [3.05, 3.63) is 58.9 Å². The van der Waals surface area contributed by atoms with Gasteiger partial charge in [0.25, 0.3) is 5.56 Å². The van der Waals surface area contributed by atoms with Crippen LogP contribution >= 0.6 is 11.8 Å². The largest absolute Gasteiger partial charge is 0.383 e. The molecule has 1 N–H and O–H groups in total. The van der Waals surface area contributed by atoms with Gasteiger partial charge in [-0.2, -0.15) is 0 Å². The van der Waals surface area contributed by atoms with E-state index in [0.29, 0.717) is 22.7 Å². The maximum atomic E-state index is 13.1. The van der Waals surface area contributed by atoms with Gasteiger partial charge in [0, 0.05) is 44.7 Å². The fraction of sp³-hybridized carbons (Fsp3) is 0.423. The topological polar surface area (TPSA) is 79.7 Å². The van der Waals surface area contributed by atoms with E-state index in [1.807, 2.05) is 37.3 Å². The van der Waals surface area contributed by atoms with E-state index in [1.165, 1.54) is 17.4 Å². The smallest absolute Gasteiger partial charge is 0.262 e. The number of benzene rings is 2. The van der Waals surface area contributed by atoms with Gasteiger partial charge in [-0.05, 0) is 49.9 Å². The van der Waals surface area contributed by atoms with E-state index >= 15 is 0 Å². The molecule has 1 saturated heterocycles. The molecule has 1 unspecified atom stereocenters. The summed E-state index contributed by atoms with van der Waals surface area (Å²) < 4.78 is 6.89. The number of hydrogen-bond donors (Lipinski definition) is 1. The maximum Gasteiger partial charge on any atom is 0.262 e. The van der Waals surface area contributed by atoms with Crippen molar-refractivity contribution in [3.63, 3.8) is 0 Å². The minimum atomic E-state index is -0.207. The van der Waals surface area contributed by atoms with Crippen molar-refractivity contribution in [2.24, 2.45) is 0 Å². The van der Waals surface area contributed by atoms with Crippen LogP contribution in [-0.4, -0.2) is 72.6 Å². The van der Waals surface area contributed by atoms with Gasteiger partial charge in [-0.1, -0.05) is 30.8 Å². The van der Waals surface area contributed by atoms with Crippen LogP contribution in [0.5, 0.6) is 0 Å². The molecule has 0 radical (unpaired) electrons. The second-order valence-electron chi connectivity index (χ2n) is 8.70. The van der Waals surface area contributed by atoms with Crippen molar-refractivity contribution in [2.45, 2.75) is 25.0 Å². The van der Waals surface area contributed by atoms with Gasteiger partial charge >= 0.3 is 0 Å². The predicted molar refractivity (Wildman–Crippen MR) is 143 cm³/mol. The summed E-state index contributed by atoms with van der Waals surface area (Å²) >= 11 is 1.26. The second-order valence-corrected chi connectivity index (χ2v) is 9.64. The summed E-state index contributed by atoms with van der Waals surface area (Å²) in [7, 11) is 1.60. The zero-order valence-electron chi connectivity index (χ0n) is 20.6. The number of fused-ring (bicyclic) bond motifs is 1. The third-order valence-corrected chi connectivity index (χ3v) is 7.24. The normalized spacial score (nSPS) is 15.3. The van der Waals surface area contributed by atoms with E-state index in [4.69, 9.17) is 4.74 Å². The minimum absolute atomic E-state index is 0.126. The SMILES string of the molecule is CCN1CCN(c2ccc(NC(=O)CSc3nc4ccccc4c(=O)n3C(C)COC)cc2)CC1. The average Bonchev–Trinajstić information content (AvgIpc) is 2.88. The number of carbonyl (C=O) groups excluding carboxylic acids is 1. The monoisotopic (exact) mass is 495 g/mol. The van der Waals surface area contributed by atoms with Crippen LogP contribution in [0.4, 0.5) is 11.4 Å². The van der Waals surface area contributed by atoms with Crippen LogP contribution in [0.15, 0.2) is 58.5 Å². The molecule has 1 aromatic heterocycles. The number of aromatic nitrogens is 2. The van der Waals surface area contributed by atoms with Crippen LogP contribution in [0.3, 0.4) is 0 Å². The first-order valence-corrected chi connectivity index (χ1v) is 13.0. The van der Waals surface area contributed by atoms with Crippen molar-refractivity contribution in [2.75, 3.05) is 62.4 Å². The molecule has 0 bridgehead atoms. The Labute approximate surface area is 210 Å². The van der Waals surface area contributed by atoms with Crippen LogP contribution in [0.25, 0.3) is 10.9 Å². The molecule has 0 spiro atoms. The van der Waals surface area contributed by atoms with Gasteiger partial charge in [0.05, 0.1) is 29.3 Å². The summed E-state index contributed by atoms with van der Waals surface area (Å²) in [6.07, 6.45) is 0. The van der Waals surface area contributed by atoms with E-state index in [-0.39, 0.29) is 23.3 Å². The van der Waals surface area contributed by atoms with Crippen LogP contribution in [0.1, 0.15) is 19.9 Å². The van der Waals surface area contributed by atoms with Crippen molar-refractivity contribution >= 4 is 39.9 Å². The molecule has 3 aromatic rings. The summed E-state index contributed by atoms with van der Waals surface area (Å²) in [6, 6.07) is 15.1. The molecular weight excluding hydrogens is 462 g/mol. The highest BCUT2D eigenvalue weighted by atomic mass is 32.2. The molecule has 186 valence electrons. The van der Waals surface area contributed by atoms with Gasteiger partial charge in [0.2, 0.25) is 5.91 Å². The Balaban J connectivity index is 1.42. The lowest BCUT2D eigenvalue weighted by molar-refractivity contribution is -0.113. The first kappa shape index (κ1) is 25.2. The van der Waals surface area contributed by atoms with Crippen molar-refractivity contribution in [1.29, 1.82) is 0 Å². The van der Waals surface area contributed by atoms with Crippen molar-refractivity contribution < 1.29 is 9.53 Å². The number of carbonyl (C=O) groups is 1. The van der Waals surface area contributed by atoms with Crippen LogP contribution in [0.2, 0.25) is 0 Å². The molecule has 0 saturated carbocycles. The van der Waals surface area contributed by atoms with Gasteiger partial charge in [0.1, 0.15) is 0 Å². The third kappa shape index (κ3) is 6.04. The van der Waals surface area contributed by atoms with E-state index < -0.39 is 0 Å². The van der Waals surface area contributed by atoms with E-state index in [9.17, 15) is 9.59 Å². The number of para-hydroxylation sites is 1. The van der Waals surface area contributed by atoms with E-state index in [2.05, 4.69) is 39.2 Å². The lowest BCUT2D eigenvalue weighted by Crippen LogP contribution is -2.46. The summed E-state index contributed by atoms with van der Waals surface area (Å²) in [6.45, 7) is 9.74. The molecule has 2 aromatic carbocycles. The number of methoxy groups -OCH3 is 1. The number of hydrogen-bond acceptors (Lipinski definition) is 7. The molecule has 1 aliphatic rings. The van der Waals surface area contributed by atoms with Gasteiger partial charge < -0.3 is 19.9 Å². The number of anilines is 2. The highest BCUT2D eigenvalue weighted by Crippen LogP contribution is 2.23. The first-order valence-electron chi connectivity index (χ1n) is 12.0. The second kappa shape index (κ2) is 11.7. The molecule has 1 aliphatic heterocycles. The molecular formula is C26H33N5O3S. The quantitative estimate of drug-likeness (QED) is 0.360. The fourth-order valence-electron chi connectivity index (χ4n) is 4.34. The van der Waals surface area contributed by atoms with Crippen LogP contribution in [0, 0.1) is 0 Å². The zero-order chi connectivity index (χ0) is 24.8. The highest BCUT2D eigenvalue weighted by molar-refractivity contribution is 7.99. The number of ether oxygens (including phenoxy) is 1. The standard InChI is InChI=1S/C26H33N5O3S/c1-4-29-13-15-30(16-14-29)21-11-9-20(10-12-21)27-24(32)18-35-26-28-23-8-6-5-7-22(23)25(33)31(26)19(2)17-34-3/h5-12,19H,4,13-18H2,1-3H3,(H,27,32). The molecule has 1 amide bonds. The summed E-state index contributed by atoms with van der Waals surface area (Å²) in [5.74, 6) is -0.00162. The molecule has 1 atom stereocenters. The number of thioether (sulfide) groups is 1. The number of nitrogens with zero attached hydrogens (tertiary/aromatic N) is 4. The Morgan fingerprint density at radius 2 is 1.83 bits per heavy atom. The number of amides is 1. The summed E-state index contributed by atoms with van der Waals surface area (Å²) in [5, 5.41) is 4.02. The number of piperazine rings is 1. The fourth-order valence-corrected chi connectivity index (χ4v) is 5.23. The lowest BCUT2D eigenvalue weighted by Gasteiger charge is -2.35. The highest BCUT2D eigenvalue weighted by Gasteiger charge is 2.18. The van der Waals surface area contributed by atoms with Crippen molar-refractivity contribution in [3.8, 4) is 0 Å².